The molecule has 0 saturated heterocycles. The van der Waals surface area contributed by atoms with E-state index in [4.69, 9.17) is 0 Å². The number of hydrogen-bond acceptors (Lipinski definition) is 2. The highest BCUT2D eigenvalue weighted by Crippen LogP contribution is 2.27. The van der Waals surface area contributed by atoms with Gasteiger partial charge < -0.3 is 10.2 Å². The smallest absolute Gasteiger partial charge is 0.227 e. The molecule has 1 N–H and O–H groups in total. The zero-order chi connectivity index (χ0) is 14.0. The monoisotopic (exact) mass is 260 g/mol. The van der Waals surface area contributed by atoms with E-state index in [1.807, 2.05) is 32.0 Å². The van der Waals surface area contributed by atoms with Gasteiger partial charge in [0, 0.05) is 25.2 Å². The Labute approximate surface area is 113 Å². The van der Waals surface area contributed by atoms with Crippen molar-refractivity contribution in [2.24, 2.45) is 0 Å². The molecule has 1 heterocycles. The highest BCUT2D eigenvalue weighted by atomic mass is 16.2. The Morgan fingerprint density at radius 3 is 2.79 bits per heavy atom. The number of benzene rings is 1. The number of hydrogen-bond donors (Lipinski definition) is 1. The average molecular weight is 260 g/mol. The standard InChI is InChI=1S/C15H20N2O2/c1-10(2)16-14(18)9-11-4-6-13-12(8-11)5-7-15(19)17(13)3/h4,6,8,10H,5,7,9H2,1-3H3,(H,16,18). The largest absolute Gasteiger partial charge is 0.354 e. The minimum Gasteiger partial charge on any atom is -0.354 e. The van der Waals surface area contributed by atoms with Crippen LogP contribution >= 0.6 is 0 Å². The molecule has 4 heteroatoms. The van der Waals surface area contributed by atoms with Gasteiger partial charge in [0.1, 0.15) is 0 Å². The maximum atomic E-state index is 11.7. The summed E-state index contributed by atoms with van der Waals surface area (Å²) in [4.78, 5) is 25.0. The van der Waals surface area contributed by atoms with E-state index in [0.29, 0.717) is 12.8 Å². The number of nitrogens with zero attached hydrogens (tertiary/aromatic N) is 1. The fourth-order valence-corrected chi connectivity index (χ4v) is 2.38. The third-order valence-corrected chi connectivity index (χ3v) is 3.30. The van der Waals surface area contributed by atoms with Crippen molar-refractivity contribution in [3.05, 3.63) is 29.3 Å². The van der Waals surface area contributed by atoms with Crippen molar-refractivity contribution in [2.75, 3.05) is 11.9 Å². The third-order valence-electron chi connectivity index (χ3n) is 3.30. The molecule has 0 fully saturated rings. The summed E-state index contributed by atoms with van der Waals surface area (Å²) in [7, 11) is 1.80. The number of nitrogens with one attached hydrogen (secondary N) is 1. The SMILES string of the molecule is CC(C)NC(=O)Cc1ccc2c(c1)CCC(=O)N2C. The number of aryl methyl sites for hydroxylation is 1. The second-order valence-electron chi connectivity index (χ2n) is 5.31. The number of rotatable bonds is 3. The van der Waals surface area contributed by atoms with E-state index in [-0.39, 0.29) is 17.9 Å². The predicted molar refractivity (Wildman–Crippen MR) is 75.2 cm³/mol. The Bertz CT molecular complexity index is 509. The Hall–Kier alpha value is -1.84. The molecular formula is C15H20N2O2. The molecule has 102 valence electrons. The van der Waals surface area contributed by atoms with Crippen LogP contribution in [0.15, 0.2) is 18.2 Å². The normalized spacial score (nSPS) is 14.5. The highest BCUT2D eigenvalue weighted by molar-refractivity contribution is 5.96. The van der Waals surface area contributed by atoms with Crippen molar-refractivity contribution in [3.63, 3.8) is 0 Å². The third kappa shape index (κ3) is 3.13. The van der Waals surface area contributed by atoms with Gasteiger partial charge in [-0.05, 0) is 37.5 Å². The summed E-state index contributed by atoms with van der Waals surface area (Å²) in [5.74, 6) is 0.188. The van der Waals surface area contributed by atoms with E-state index >= 15 is 0 Å². The Morgan fingerprint density at radius 1 is 1.37 bits per heavy atom. The van der Waals surface area contributed by atoms with E-state index in [1.165, 1.54) is 0 Å². The van der Waals surface area contributed by atoms with Gasteiger partial charge in [-0.25, -0.2) is 0 Å². The van der Waals surface area contributed by atoms with Crippen LogP contribution in [0.4, 0.5) is 5.69 Å². The Morgan fingerprint density at radius 2 is 2.11 bits per heavy atom. The summed E-state index contributed by atoms with van der Waals surface area (Å²) in [6.07, 6.45) is 1.70. The number of amides is 2. The second-order valence-corrected chi connectivity index (χ2v) is 5.31. The summed E-state index contributed by atoms with van der Waals surface area (Å²) in [5.41, 5.74) is 3.11. The summed E-state index contributed by atoms with van der Waals surface area (Å²) in [6, 6.07) is 6.06. The predicted octanol–water partition coefficient (Wildman–Crippen LogP) is 1.66. The molecule has 0 saturated carbocycles. The quantitative estimate of drug-likeness (QED) is 0.898. The lowest BCUT2D eigenvalue weighted by atomic mass is 9.98. The molecule has 0 unspecified atom stereocenters. The number of fused-ring (bicyclic) bond motifs is 1. The molecule has 1 aromatic carbocycles. The van der Waals surface area contributed by atoms with E-state index in [1.54, 1.807) is 11.9 Å². The van der Waals surface area contributed by atoms with Gasteiger partial charge in [-0.15, -0.1) is 0 Å². The average Bonchev–Trinajstić information content (AvgIpc) is 2.33. The lowest BCUT2D eigenvalue weighted by Crippen LogP contribution is -2.32. The number of anilines is 1. The summed E-state index contributed by atoms with van der Waals surface area (Å²) < 4.78 is 0. The summed E-state index contributed by atoms with van der Waals surface area (Å²) >= 11 is 0. The van der Waals surface area contributed by atoms with E-state index < -0.39 is 0 Å². The molecule has 0 aliphatic carbocycles. The van der Waals surface area contributed by atoms with Gasteiger partial charge in [0.05, 0.1) is 6.42 Å². The van der Waals surface area contributed by atoms with Gasteiger partial charge >= 0.3 is 0 Å². The maximum absolute atomic E-state index is 11.7. The van der Waals surface area contributed by atoms with E-state index in [2.05, 4.69) is 5.32 Å². The fourth-order valence-electron chi connectivity index (χ4n) is 2.38. The van der Waals surface area contributed by atoms with Crippen LogP contribution in [0.1, 0.15) is 31.4 Å². The zero-order valence-corrected chi connectivity index (χ0v) is 11.7. The maximum Gasteiger partial charge on any atom is 0.227 e. The minimum absolute atomic E-state index is 0.0372. The van der Waals surface area contributed by atoms with E-state index in [0.717, 1.165) is 23.2 Å². The zero-order valence-electron chi connectivity index (χ0n) is 11.7. The van der Waals surface area contributed by atoms with Crippen molar-refractivity contribution < 1.29 is 9.59 Å². The van der Waals surface area contributed by atoms with E-state index in [9.17, 15) is 9.59 Å². The van der Waals surface area contributed by atoms with Crippen molar-refractivity contribution in [1.82, 2.24) is 5.32 Å². The van der Waals surface area contributed by atoms with Gasteiger partial charge in [-0.1, -0.05) is 12.1 Å². The van der Waals surface area contributed by atoms with Gasteiger partial charge in [-0.3, -0.25) is 9.59 Å². The second kappa shape index (κ2) is 5.43. The minimum atomic E-state index is 0.0372. The van der Waals surface area contributed by atoms with Crippen LogP contribution in [-0.2, 0) is 22.4 Å². The molecule has 1 aliphatic rings. The number of carbonyl (C=O) groups is 2. The summed E-state index contributed by atoms with van der Waals surface area (Å²) in [6.45, 7) is 3.90. The first-order valence-electron chi connectivity index (χ1n) is 6.65. The van der Waals surface area contributed by atoms with Crippen molar-refractivity contribution >= 4 is 17.5 Å². The molecule has 1 aliphatic heterocycles. The molecule has 0 bridgehead atoms. The van der Waals surface area contributed by atoms with Gasteiger partial charge in [-0.2, -0.15) is 0 Å². The molecule has 0 radical (unpaired) electrons. The lowest BCUT2D eigenvalue weighted by Gasteiger charge is -2.26. The molecule has 0 atom stereocenters. The molecule has 0 spiro atoms. The van der Waals surface area contributed by atoms with Gasteiger partial charge in [0.2, 0.25) is 11.8 Å². The van der Waals surface area contributed by atoms with Crippen molar-refractivity contribution in [3.8, 4) is 0 Å². The fraction of sp³-hybridized carbons (Fsp3) is 0.467. The molecule has 1 aromatic rings. The summed E-state index contributed by atoms with van der Waals surface area (Å²) in [5, 5.41) is 2.88. The Balaban J connectivity index is 2.13. The van der Waals surface area contributed by atoms with Crippen molar-refractivity contribution in [2.45, 2.75) is 39.2 Å². The van der Waals surface area contributed by atoms with Crippen LogP contribution in [0.5, 0.6) is 0 Å². The molecule has 2 amide bonds. The highest BCUT2D eigenvalue weighted by Gasteiger charge is 2.21. The topological polar surface area (TPSA) is 49.4 Å². The van der Waals surface area contributed by atoms with Crippen LogP contribution in [0, 0.1) is 0 Å². The molecule has 0 aromatic heterocycles. The van der Waals surface area contributed by atoms with Crippen LogP contribution < -0.4 is 10.2 Å². The molecule has 19 heavy (non-hydrogen) atoms. The first-order valence-corrected chi connectivity index (χ1v) is 6.65. The molecule has 4 nitrogen and oxygen atoms in total. The molecule has 2 rings (SSSR count). The van der Waals surface area contributed by atoms with Crippen LogP contribution in [0.25, 0.3) is 0 Å². The van der Waals surface area contributed by atoms with Gasteiger partial charge in [0.25, 0.3) is 0 Å². The van der Waals surface area contributed by atoms with Crippen LogP contribution in [-0.4, -0.2) is 24.9 Å². The first kappa shape index (κ1) is 13.6. The number of carbonyl (C=O) groups excluding carboxylic acids is 2. The first-order chi connectivity index (χ1) is 8.97. The lowest BCUT2D eigenvalue weighted by molar-refractivity contribution is -0.121. The van der Waals surface area contributed by atoms with Gasteiger partial charge in [0.15, 0.2) is 0 Å². The van der Waals surface area contributed by atoms with Crippen molar-refractivity contribution in [1.29, 1.82) is 0 Å². The molecular weight excluding hydrogens is 240 g/mol. The Kier molecular flexibility index (Phi) is 3.88. The van der Waals surface area contributed by atoms with Crippen LogP contribution in [0.2, 0.25) is 0 Å². The van der Waals surface area contributed by atoms with Crippen LogP contribution in [0.3, 0.4) is 0 Å².